The highest BCUT2D eigenvalue weighted by atomic mass is 16.3. The van der Waals surface area contributed by atoms with Crippen LogP contribution in [0.25, 0.3) is 0 Å². The normalized spacial score (nSPS) is 15.7. The second-order valence-electron chi connectivity index (χ2n) is 3.33. The topological polar surface area (TPSA) is 32.3 Å². The van der Waals surface area contributed by atoms with Crippen LogP contribution >= 0.6 is 0 Å². The second-order valence-corrected chi connectivity index (χ2v) is 3.33. The molecule has 0 saturated carbocycles. The maximum absolute atomic E-state index is 9.01. The van der Waals surface area contributed by atoms with Crippen molar-refractivity contribution in [3.63, 3.8) is 0 Å². The Kier molecular flexibility index (Phi) is 5.79. The van der Waals surface area contributed by atoms with E-state index < -0.39 is 0 Å². The highest BCUT2D eigenvalue weighted by molar-refractivity contribution is 4.99. The molecule has 70 valence electrons. The van der Waals surface area contributed by atoms with Gasteiger partial charge in [-0.15, -0.1) is 6.42 Å². The van der Waals surface area contributed by atoms with Crippen LogP contribution in [-0.4, -0.2) is 23.8 Å². The van der Waals surface area contributed by atoms with Gasteiger partial charge in [0.15, 0.2) is 0 Å². The molecule has 0 aliphatic rings. The summed E-state index contributed by atoms with van der Waals surface area (Å²) in [5, 5.41) is 12.2. The fourth-order valence-electron chi connectivity index (χ4n) is 0.998. The molecule has 0 aromatic rings. The van der Waals surface area contributed by atoms with E-state index in [9.17, 15) is 0 Å². The Balaban J connectivity index is 3.93. The van der Waals surface area contributed by atoms with Crippen LogP contribution in [-0.2, 0) is 0 Å². The van der Waals surface area contributed by atoms with Crippen molar-refractivity contribution in [1.29, 1.82) is 0 Å². The van der Waals surface area contributed by atoms with Crippen LogP contribution in [0.2, 0.25) is 0 Å². The van der Waals surface area contributed by atoms with Gasteiger partial charge in [0, 0.05) is 6.04 Å². The lowest BCUT2D eigenvalue weighted by Gasteiger charge is -2.23. The highest BCUT2D eigenvalue weighted by Crippen LogP contribution is 2.02. The molecule has 2 nitrogen and oxygen atoms in total. The number of hydrogen-bond donors (Lipinski definition) is 2. The average molecular weight is 169 g/mol. The van der Waals surface area contributed by atoms with E-state index in [0.29, 0.717) is 5.92 Å². The zero-order chi connectivity index (χ0) is 9.56. The monoisotopic (exact) mass is 169 g/mol. The van der Waals surface area contributed by atoms with E-state index >= 15 is 0 Å². The first-order chi connectivity index (χ1) is 5.65. The van der Waals surface area contributed by atoms with Crippen molar-refractivity contribution in [1.82, 2.24) is 5.32 Å². The summed E-state index contributed by atoms with van der Waals surface area (Å²) in [5.41, 5.74) is 0. The van der Waals surface area contributed by atoms with Gasteiger partial charge in [0.25, 0.3) is 0 Å². The summed E-state index contributed by atoms with van der Waals surface area (Å²) in [4.78, 5) is 0. The van der Waals surface area contributed by atoms with E-state index in [1.54, 1.807) is 0 Å². The number of nitrogens with one attached hydrogen (secondary N) is 1. The molecule has 1 unspecified atom stereocenters. The number of terminal acetylenes is 1. The molecular weight excluding hydrogens is 150 g/mol. The van der Waals surface area contributed by atoms with Gasteiger partial charge >= 0.3 is 0 Å². The number of aliphatic hydroxyl groups is 1. The third-order valence-corrected chi connectivity index (χ3v) is 2.03. The van der Waals surface area contributed by atoms with Gasteiger partial charge in [0.2, 0.25) is 0 Å². The summed E-state index contributed by atoms with van der Waals surface area (Å²) in [6.45, 7) is 6.32. The summed E-state index contributed by atoms with van der Waals surface area (Å²) in [6, 6.07) is 0.204. The second kappa shape index (κ2) is 6.05. The lowest BCUT2D eigenvalue weighted by molar-refractivity contribution is 0.205. The molecule has 0 radical (unpaired) electrons. The van der Waals surface area contributed by atoms with Gasteiger partial charge in [-0.25, -0.2) is 0 Å². The fourth-order valence-corrected chi connectivity index (χ4v) is 0.998. The maximum Gasteiger partial charge on any atom is 0.0687 e. The van der Waals surface area contributed by atoms with Crippen molar-refractivity contribution >= 4 is 0 Å². The predicted octanol–water partition coefficient (Wildman–Crippen LogP) is 1.00. The smallest absolute Gasteiger partial charge is 0.0687 e. The maximum atomic E-state index is 9.01. The summed E-state index contributed by atoms with van der Waals surface area (Å²) in [7, 11) is 0. The predicted molar refractivity (Wildman–Crippen MR) is 51.8 cm³/mol. The Morgan fingerprint density at radius 1 is 1.50 bits per heavy atom. The Hall–Kier alpha value is -0.520. The lowest BCUT2D eigenvalue weighted by atomic mass is 10.0. The third kappa shape index (κ3) is 3.75. The van der Waals surface area contributed by atoms with Crippen LogP contribution < -0.4 is 5.32 Å². The van der Waals surface area contributed by atoms with Crippen molar-refractivity contribution in [3.8, 4) is 12.3 Å². The largest absolute Gasteiger partial charge is 0.395 e. The first-order valence-electron chi connectivity index (χ1n) is 4.48. The molecule has 0 spiro atoms. The van der Waals surface area contributed by atoms with Crippen LogP contribution in [0.15, 0.2) is 0 Å². The van der Waals surface area contributed by atoms with Gasteiger partial charge in [-0.05, 0) is 12.3 Å². The molecule has 0 heterocycles. The molecule has 0 bridgehead atoms. The Labute approximate surface area is 75.4 Å². The van der Waals surface area contributed by atoms with E-state index in [1.807, 2.05) is 6.92 Å². The van der Waals surface area contributed by atoms with E-state index in [4.69, 9.17) is 11.5 Å². The molecule has 0 aliphatic carbocycles. The van der Waals surface area contributed by atoms with E-state index in [1.165, 1.54) is 0 Å². The van der Waals surface area contributed by atoms with Gasteiger partial charge < -0.3 is 5.11 Å². The lowest BCUT2D eigenvalue weighted by Crippen LogP contribution is -2.42. The van der Waals surface area contributed by atoms with Gasteiger partial charge in [0.05, 0.1) is 12.6 Å². The minimum absolute atomic E-state index is 0.0875. The average Bonchev–Trinajstić information content (AvgIpc) is 2.06. The molecule has 0 aromatic carbocycles. The van der Waals surface area contributed by atoms with Gasteiger partial charge in [-0.2, -0.15) is 0 Å². The molecule has 2 heteroatoms. The summed E-state index contributed by atoms with van der Waals surface area (Å²) >= 11 is 0. The van der Waals surface area contributed by atoms with Gasteiger partial charge in [-0.1, -0.05) is 26.7 Å². The molecule has 0 saturated heterocycles. The molecule has 0 aromatic heterocycles. The van der Waals surface area contributed by atoms with Crippen molar-refractivity contribution in [2.75, 3.05) is 6.61 Å². The standard InChI is InChI=1S/C10H19NO/c1-5-9(6-2)11-10(7-12)8(3)4/h1,8-12H,6-7H2,2-4H3/t9?,10-/m1/s1. The zero-order valence-electron chi connectivity index (χ0n) is 8.17. The third-order valence-electron chi connectivity index (χ3n) is 2.03. The SMILES string of the molecule is C#CC(CC)N[C@H](CO)C(C)C. The fraction of sp³-hybridized carbons (Fsp3) is 0.800. The van der Waals surface area contributed by atoms with Crippen LogP contribution in [0, 0.1) is 18.3 Å². The molecule has 0 amide bonds. The minimum atomic E-state index is 0.0875. The van der Waals surface area contributed by atoms with Crippen LogP contribution in [0.5, 0.6) is 0 Å². The van der Waals surface area contributed by atoms with Crippen LogP contribution in [0.4, 0.5) is 0 Å². The van der Waals surface area contributed by atoms with Crippen LogP contribution in [0.1, 0.15) is 27.2 Å². The molecule has 0 rings (SSSR count). The molecule has 2 atom stereocenters. The van der Waals surface area contributed by atoms with Crippen molar-refractivity contribution in [3.05, 3.63) is 0 Å². The van der Waals surface area contributed by atoms with Crippen molar-refractivity contribution in [2.24, 2.45) is 5.92 Å². The van der Waals surface area contributed by atoms with Gasteiger partial charge in [0.1, 0.15) is 0 Å². The Morgan fingerprint density at radius 2 is 2.08 bits per heavy atom. The molecule has 0 aliphatic heterocycles. The van der Waals surface area contributed by atoms with Crippen molar-refractivity contribution in [2.45, 2.75) is 39.3 Å². The van der Waals surface area contributed by atoms with Crippen LogP contribution in [0.3, 0.4) is 0 Å². The summed E-state index contributed by atoms with van der Waals surface area (Å²) in [5.74, 6) is 3.06. The molecular formula is C10H19NO. The highest BCUT2D eigenvalue weighted by Gasteiger charge is 2.14. The molecule has 2 N–H and O–H groups in total. The number of hydrogen-bond acceptors (Lipinski definition) is 2. The minimum Gasteiger partial charge on any atom is -0.395 e. The van der Waals surface area contributed by atoms with Crippen molar-refractivity contribution < 1.29 is 5.11 Å². The number of aliphatic hydroxyl groups excluding tert-OH is 1. The summed E-state index contributed by atoms with van der Waals surface area (Å²) < 4.78 is 0. The Morgan fingerprint density at radius 3 is 2.33 bits per heavy atom. The first-order valence-corrected chi connectivity index (χ1v) is 4.48. The van der Waals surface area contributed by atoms with E-state index in [-0.39, 0.29) is 18.7 Å². The molecule has 0 fully saturated rings. The number of rotatable bonds is 5. The quantitative estimate of drug-likeness (QED) is 0.602. The van der Waals surface area contributed by atoms with E-state index in [0.717, 1.165) is 6.42 Å². The molecule has 12 heavy (non-hydrogen) atoms. The first kappa shape index (κ1) is 11.5. The summed E-state index contributed by atoms with van der Waals surface area (Å²) in [6.07, 6.45) is 6.19. The zero-order valence-corrected chi connectivity index (χ0v) is 8.17. The van der Waals surface area contributed by atoms with Gasteiger partial charge in [-0.3, -0.25) is 5.32 Å². The van der Waals surface area contributed by atoms with E-state index in [2.05, 4.69) is 25.1 Å². The Bertz CT molecular complexity index is 148.